The molecule has 34 heavy (non-hydrogen) atoms. The molecule has 0 radical (unpaired) electrons. The van der Waals surface area contributed by atoms with Crippen LogP contribution in [-0.2, 0) is 9.47 Å². The standard InChI is InChI=1S/C24H38O4.C5H10S/c1-3-5-7-9-11-15-19-27-23(25)21-17-13-14-18-22(21)24(26)28-20-16-12-10-8-6-4-2;1-2-4-6-5-3-1/h13-14,17-18H,3-12,15-16,19-20H2,1-2H3;1-5H2. The van der Waals surface area contributed by atoms with Gasteiger partial charge in [-0.1, -0.05) is 96.6 Å². The summed E-state index contributed by atoms with van der Waals surface area (Å²) in [5, 5.41) is 0. The minimum atomic E-state index is -0.444. The van der Waals surface area contributed by atoms with Gasteiger partial charge in [0.15, 0.2) is 0 Å². The Hall–Kier alpha value is -1.49. The molecule has 1 aliphatic rings. The second-order valence-corrected chi connectivity index (χ2v) is 10.3. The largest absolute Gasteiger partial charge is 0.462 e. The van der Waals surface area contributed by atoms with E-state index in [0.717, 1.165) is 25.7 Å². The van der Waals surface area contributed by atoms with Gasteiger partial charge in [-0.15, -0.1) is 0 Å². The molecule has 1 heterocycles. The van der Waals surface area contributed by atoms with E-state index in [9.17, 15) is 9.59 Å². The smallest absolute Gasteiger partial charge is 0.339 e. The molecule has 0 amide bonds. The summed E-state index contributed by atoms with van der Waals surface area (Å²) in [6.07, 6.45) is 18.0. The molecule has 4 nitrogen and oxygen atoms in total. The van der Waals surface area contributed by atoms with Crippen molar-refractivity contribution in [2.75, 3.05) is 24.7 Å². The van der Waals surface area contributed by atoms with E-state index in [4.69, 9.17) is 9.47 Å². The summed E-state index contributed by atoms with van der Waals surface area (Å²) in [7, 11) is 0. The molecule has 1 aromatic rings. The van der Waals surface area contributed by atoms with Crippen LogP contribution in [0.4, 0.5) is 0 Å². The number of carbonyl (C=O) groups is 2. The quantitative estimate of drug-likeness (QED) is 0.171. The van der Waals surface area contributed by atoms with Crippen LogP contribution in [0.3, 0.4) is 0 Å². The molecular formula is C29H48O4S. The molecule has 1 aromatic carbocycles. The molecule has 0 N–H and O–H groups in total. The van der Waals surface area contributed by atoms with Crippen molar-refractivity contribution in [2.45, 2.75) is 110 Å². The zero-order valence-corrected chi connectivity index (χ0v) is 22.6. The Bertz CT molecular complexity index is 582. The van der Waals surface area contributed by atoms with E-state index in [1.165, 1.54) is 82.1 Å². The van der Waals surface area contributed by atoms with Crippen molar-refractivity contribution < 1.29 is 19.1 Å². The Morgan fingerprint density at radius 1 is 0.647 bits per heavy atom. The monoisotopic (exact) mass is 492 g/mol. The van der Waals surface area contributed by atoms with Crippen LogP contribution in [0.1, 0.15) is 131 Å². The Morgan fingerprint density at radius 3 is 1.41 bits per heavy atom. The van der Waals surface area contributed by atoms with E-state index >= 15 is 0 Å². The van der Waals surface area contributed by atoms with E-state index in [1.807, 2.05) is 0 Å². The third-order valence-electron chi connectivity index (χ3n) is 5.91. The van der Waals surface area contributed by atoms with Crippen LogP contribution in [0.5, 0.6) is 0 Å². The molecule has 0 saturated carbocycles. The Labute approximate surface area is 212 Å². The van der Waals surface area contributed by atoms with Crippen LogP contribution in [0.15, 0.2) is 24.3 Å². The molecule has 5 heteroatoms. The van der Waals surface area contributed by atoms with Gasteiger partial charge in [0.2, 0.25) is 0 Å². The maximum atomic E-state index is 12.4. The van der Waals surface area contributed by atoms with Crippen molar-refractivity contribution >= 4 is 23.7 Å². The van der Waals surface area contributed by atoms with E-state index in [-0.39, 0.29) is 0 Å². The maximum absolute atomic E-state index is 12.4. The molecule has 0 unspecified atom stereocenters. The summed E-state index contributed by atoms with van der Waals surface area (Å²) in [6, 6.07) is 6.74. The topological polar surface area (TPSA) is 52.6 Å². The summed E-state index contributed by atoms with van der Waals surface area (Å²) >= 11 is 2.09. The predicted molar refractivity (Wildman–Crippen MR) is 145 cm³/mol. The van der Waals surface area contributed by atoms with E-state index in [1.54, 1.807) is 24.3 Å². The molecule has 0 spiro atoms. The van der Waals surface area contributed by atoms with E-state index in [0.29, 0.717) is 24.3 Å². The molecule has 1 fully saturated rings. The van der Waals surface area contributed by atoms with Crippen LogP contribution in [0.25, 0.3) is 0 Å². The van der Waals surface area contributed by atoms with Gasteiger partial charge in [0.05, 0.1) is 24.3 Å². The Kier molecular flexibility index (Phi) is 19.8. The molecule has 194 valence electrons. The van der Waals surface area contributed by atoms with E-state index < -0.39 is 11.9 Å². The zero-order chi connectivity index (χ0) is 24.7. The van der Waals surface area contributed by atoms with Crippen LogP contribution >= 0.6 is 11.8 Å². The van der Waals surface area contributed by atoms with Crippen LogP contribution < -0.4 is 0 Å². The van der Waals surface area contributed by atoms with Crippen LogP contribution in [0, 0.1) is 0 Å². The van der Waals surface area contributed by atoms with Gasteiger partial charge < -0.3 is 9.47 Å². The highest BCUT2D eigenvalue weighted by Crippen LogP contribution is 2.15. The van der Waals surface area contributed by atoms with Crippen molar-refractivity contribution in [1.82, 2.24) is 0 Å². The maximum Gasteiger partial charge on any atom is 0.339 e. The summed E-state index contributed by atoms with van der Waals surface area (Å²) < 4.78 is 10.7. The first-order valence-corrected chi connectivity index (χ1v) is 14.9. The van der Waals surface area contributed by atoms with Crippen LogP contribution in [-0.4, -0.2) is 36.7 Å². The lowest BCUT2D eigenvalue weighted by molar-refractivity contribution is 0.0450. The number of ether oxygens (including phenoxy) is 2. The minimum absolute atomic E-state index is 0.293. The van der Waals surface area contributed by atoms with Crippen molar-refractivity contribution in [3.63, 3.8) is 0 Å². The number of esters is 2. The summed E-state index contributed by atoms with van der Waals surface area (Å²) in [5.41, 5.74) is 0.586. The molecule has 1 saturated heterocycles. The minimum Gasteiger partial charge on any atom is -0.462 e. The lowest BCUT2D eigenvalue weighted by Crippen LogP contribution is -2.15. The fourth-order valence-electron chi connectivity index (χ4n) is 3.78. The normalized spacial score (nSPS) is 13.0. The first kappa shape index (κ1) is 30.5. The average Bonchev–Trinajstić information content (AvgIpc) is 2.88. The molecule has 2 rings (SSSR count). The van der Waals surface area contributed by atoms with Gasteiger partial charge in [-0.2, -0.15) is 11.8 Å². The van der Waals surface area contributed by atoms with Gasteiger partial charge in [-0.05, 0) is 49.3 Å². The van der Waals surface area contributed by atoms with Crippen molar-refractivity contribution in [3.05, 3.63) is 35.4 Å². The average molecular weight is 493 g/mol. The molecule has 0 bridgehead atoms. The summed E-state index contributed by atoms with van der Waals surface area (Å²) in [6.45, 7) is 5.17. The lowest BCUT2D eigenvalue weighted by Gasteiger charge is -2.10. The van der Waals surface area contributed by atoms with Gasteiger partial charge >= 0.3 is 11.9 Å². The number of thioether (sulfide) groups is 1. The third-order valence-corrected chi connectivity index (χ3v) is 7.06. The predicted octanol–water partition coefficient (Wildman–Crippen LogP) is 8.62. The van der Waals surface area contributed by atoms with Crippen molar-refractivity contribution in [1.29, 1.82) is 0 Å². The summed E-state index contributed by atoms with van der Waals surface area (Å²) in [4.78, 5) is 24.7. The molecule has 0 atom stereocenters. The highest BCUT2D eigenvalue weighted by Gasteiger charge is 2.18. The fourth-order valence-corrected chi connectivity index (χ4v) is 4.80. The van der Waals surface area contributed by atoms with E-state index in [2.05, 4.69) is 25.6 Å². The lowest BCUT2D eigenvalue weighted by atomic mass is 10.1. The molecule has 0 aromatic heterocycles. The third kappa shape index (κ3) is 15.4. The summed E-state index contributed by atoms with van der Waals surface area (Å²) in [5.74, 6) is 1.95. The van der Waals surface area contributed by atoms with Crippen LogP contribution in [0.2, 0.25) is 0 Å². The SMILES string of the molecule is C1CCSCC1.CCCCCCCCOC(=O)c1ccccc1C(=O)OCCCCCCCC. The van der Waals surface area contributed by atoms with Gasteiger partial charge in [0.25, 0.3) is 0 Å². The first-order valence-electron chi connectivity index (χ1n) is 13.7. The Morgan fingerprint density at radius 2 is 1.06 bits per heavy atom. The van der Waals surface area contributed by atoms with Gasteiger partial charge in [-0.25, -0.2) is 9.59 Å². The Balaban J connectivity index is 0.000000830. The van der Waals surface area contributed by atoms with Gasteiger partial charge in [0, 0.05) is 0 Å². The number of unbranched alkanes of at least 4 members (excludes halogenated alkanes) is 10. The number of benzene rings is 1. The first-order chi connectivity index (χ1) is 16.7. The molecule has 0 aliphatic carbocycles. The highest BCUT2D eigenvalue weighted by atomic mass is 32.2. The molecular weight excluding hydrogens is 444 g/mol. The number of rotatable bonds is 16. The number of carbonyl (C=O) groups excluding carboxylic acids is 2. The number of hydrogen-bond donors (Lipinski definition) is 0. The zero-order valence-electron chi connectivity index (χ0n) is 21.8. The fraction of sp³-hybridized carbons (Fsp3) is 0.724. The highest BCUT2D eigenvalue weighted by molar-refractivity contribution is 7.99. The van der Waals surface area contributed by atoms with Crippen molar-refractivity contribution in [3.8, 4) is 0 Å². The van der Waals surface area contributed by atoms with Gasteiger partial charge in [-0.3, -0.25) is 0 Å². The second kappa shape index (κ2) is 22.0. The van der Waals surface area contributed by atoms with Crippen molar-refractivity contribution in [2.24, 2.45) is 0 Å². The molecule has 1 aliphatic heterocycles. The number of hydrogen-bond acceptors (Lipinski definition) is 5. The second-order valence-electron chi connectivity index (χ2n) is 9.03. The van der Waals surface area contributed by atoms with Gasteiger partial charge in [0.1, 0.15) is 0 Å².